The van der Waals surface area contributed by atoms with Crippen molar-refractivity contribution >= 4 is 27.7 Å². The molecule has 122 valence electrons. The van der Waals surface area contributed by atoms with Crippen LogP contribution in [0.25, 0.3) is 0 Å². The lowest BCUT2D eigenvalue weighted by Crippen LogP contribution is -2.21. The number of rotatable bonds is 7. The summed E-state index contributed by atoms with van der Waals surface area (Å²) >= 11 is 3.24. The first-order valence-electron chi connectivity index (χ1n) is 6.98. The molecule has 0 aliphatic carbocycles. The number of carbonyl (C=O) groups is 1. The molecule has 0 radical (unpaired) electrons. The number of aliphatic hydroxyl groups excluding tert-OH is 1. The molecule has 0 aliphatic heterocycles. The van der Waals surface area contributed by atoms with Crippen LogP contribution < -0.4 is 5.32 Å². The minimum atomic E-state index is -1.10. The van der Waals surface area contributed by atoms with Crippen LogP contribution in [0.15, 0.2) is 40.9 Å². The van der Waals surface area contributed by atoms with Crippen molar-refractivity contribution in [3.8, 4) is 0 Å². The first kappa shape index (κ1) is 17.4. The molecule has 1 aromatic heterocycles. The fraction of sp³-hybridized carbons (Fsp3) is 0.250. The molecule has 0 amide bonds. The summed E-state index contributed by atoms with van der Waals surface area (Å²) in [5.74, 6) is -1.17. The van der Waals surface area contributed by atoms with E-state index in [2.05, 4.69) is 26.2 Å². The summed E-state index contributed by atoms with van der Waals surface area (Å²) in [6.07, 6.45) is 0.485. The molecule has 1 heterocycles. The van der Waals surface area contributed by atoms with Crippen LogP contribution in [0.5, 0.6) is 0 Å². The number of carboxylic acids is 1. The van der Waals surface area contributed by atoms with Crippen molar-refractivity contribution in [2.75, 3.05) is 18.5 Å². The number of halogens is 2. The molecular weight excluding hydrogens is 367 g/mol. The second-order valence-electron chi connectivity index (χ2n) is 5.12. The van der Waals surface area contributed by atoms with Gasteiger partial charge in [-0.2, -0.15) is 0 Å². The molecule has 0 bridgehead atoms. The van der Waals surface area contributed by atoms with Crippen molar-refractivity contribution in [2.45, 2.75) is 6.42 Å². The van der Waals surface area contributed by atoms with Crippen molar-refractivity contribution in [1.29, 1.82) is 0 Å². The van der Waals surface area contributed by atoms with Gasteiger partial charge in [-0.25, -0.2) is 14.2 Å². The number of hydrogen-bond donors (Lipinski definition) is 3. The second-order valence-corrected chi connectivity index (χ2v) is 6.04. The SMILES string of the molecule is O=C(O)c1cccc(NCC(CO)Cc2cc(F)cc(Br)c2)n1. The van der Waals surface area contributed by atoms with Gasteiger partial charge in [0.05, 0.1) is 0 Å². The molecule has 0 fully saturated rings. The highest BCUT2D eigenvalue weighted by Gasteiger charge is 2.11. The summed E-state index contributed by atoms with van der Waals surface area (Å²) in [5.41, 5.74) is 0.717. The number of aromatic carboxylic acids is 1. The van der Waals surface area contributed by atoms with Crippen molar-refractivity contribution < 1.29 is 19.4 Å². The van der Waals surface area contributed by atoms with Gasteiger partial charge in [0.15, 0.2) is 5.69 Å². The van der Waals surface area contributed by atoms with E-state index in [9.17, 15) is 14.3 Å². The Hall–Kier alpha value is -1.99. The highest BCUT2D eigenvalue weighted by Crippen LogP contribution is 2.18. The molecule has 1 unspecified atom stereocenters. The van der Waals surface area contributed by atoms with Crippen molar-refractivity contribution in [2.24, 2.45) is 5.92 Å². The summed E-state index contributed by atoms with van der Waals surface area (Å²) in [6, 6.07) is 9.25. The summed E-state index contributed by atoms with van der Waals surface area (Å²) in [6.45, 7) is 0.306. The van der Waals surface area contributed by atoms with E-state index in [0.717, 1.165) is 5.56 Å². The largest absolute Gasteiger partial charge is 0.477 e. The van der Waals surface area contributed by atoms with E-state index in [1.54, 1.807) is 18.2 Å². The van der Waals surface area contributed by atoms with Crippen molar-refractivity contribution in [1.82, 2.24) is 4.98 Å². The number of aromatic nitrogens is 1. The third-order valence-electron chi connectivity index (χ3n) is 3.24. The fourth-order valence-corrected chi connectivity index (χ4v) is 2.68. The summed E-state index contributed by atoms with van der Waals surface area (Å²) < 4.78 is 14.0. The van der Waals surface area contributed by atoms with Crippen molar-refractivity contribution in [3.63, 3.8) is 0 Å². The van der Waals surface area contributed by atoms with Crippen LogP contribution in [0.4, 0.5) is 10.2 Å². The van der Waals surface area contributed by atoms with Crippen LogP contribution in [0.1, 0.15) is 16.1 Å². The Morgan fingerprint density at radius 2 is 2.13 bits per heavy atom. The average molecular weight is 383 g/mol. The molecular formula is C16H16BrFN2O3. The molecule has 3 N–H and O–H groups in total. The first-order chi connectivity index (χ1) is 11.0. The van der Waals surface area contributed by atoms with Gasteiger partial charge in [0, 0.05) is 23.5 Å². The lowest BCUT2D eigenvalue weighted by molar-refractivity contribution is 0.0690. The maximum atomic E-state index is 13.4. The Morgan fingerprint density at radius 3 is 2.78 bits per heavy atom. The van der Waals surface area contributed by atoms with Crippen LogP contribution in [0.2, 0.25) is 0 Å². The molecule has 0 spiro atoms. The maximum Gasteiger partial charge on any atom is 0.354 e. The number of aliphatic hydroxyl groups is 1. The number of pyridine rings is 1. The molecule has 1 atom stereocenters. The topological polar surface area (TPSA) is 82.5 Å². The fourth-order valence-electron chi connectivity index (χ4n) is 2.16. The van der Waals surface area contributed by atoms with Gasteiger partial charge in [-0.15, -0.1) is 0 Å². The number of hydrogen-bond acceptors (Lipinski definition) is 4. The molecule has 23 heavy (non-hydrogen) atoms. The Morgan fingerprint density at radius 1 is 1.35 bits per heavy atom. The van der Waals surface area contributed by atoms with Crippen molar-refractivity contribution in [3.05, 3.63) is 57.9 Å². The highest BCUT2D eigenvalue weighted by atomic mass is 79.9. The summed E-state index contributed by atoms with van der Waals surface area (Å²) in [5, 5.41) is 21.4. The molecule has 7 heteroatoms. The van der Waals surface area contributed by atoms with Gasteiger partial charge in [-0.3, -0.25) is 0 Å². The molecule has 0 aliphatic rings. The van der Waals surface area contributed by atoms with Crippen LogP contribution in [-0.4, -0.2) is 34.3 Å². The Bertz CT molecular complexity index is 677. The predicted molar refractivity (Wildman–Crippen MR) is 88.1 cm³/mol. The average Bonchev–Trinajstić information content (AvgIpc) is 2.50. The maximum absolute atomic E-state index is 13.4. The second kappa shape index (κ2) is 8.03. The molecule has 0 saturated carbocycles. The number of benzene rings is 1. The monoisotopic (exact) mass is 382 g/mol. The number of nitrogens with one attached hydrogen (secondary N) is 1. The highest BCUT2D eigenvalue weighted by molar-refractivity contribution is 9.10. The molecule has 2 rings (SSSR count). The van der Waals surface area contributed by atoms with Crippen LogP contribution in [0.3, 0.4) is 0 Å². The van der Waals surface area contributed by atoms with Gasteiger partial charge >= 0.3 is 5.97 Å². The molecule has 5 nitrogen and oxygen atoms in total. The lowest BCUT2D eigenvalue weighted by atomic mass is 10.00. The van der Waals surface area contributed by atoms with Crippen LogP contribution in [0, 0.1) is 11.7 Å². The van der Waals surface area contributed by atoms with Gasteiger partial charge < -0.3 is 15.5 Å². The third kappa shape index (κ3) is 5.30. The lowest BCUT2D eigenvalue weighted by Gasteiger charge is -2.16. The zero-order valence-electron chi connectivity index (χ0n) is 12.2. The normalized spacial score (nSPS) is 12.0. The van der Waals surface area contributed by atoms with E-state index in [1.807, 2.05) is 0 Å². The van der Waals surface area contributed by atoms with E-state index < -0.39 is 5.97 Å². The minimum Gasteiger partial charge on any atom is -0.477 e. The quantitative estimate of drug-likeness (QED) is 0.685. The third-order valence-corrected chi connectivity index (χ3v) is 3.70. The van der Waals surface area contributed by atoms with Gasteiger partial charge in [0.1, 0.15) is 11.6 Å². The first-order valence-corrected chi connectivity index (χ1v) is 7.77. The van der Waals surface area contributed by atoms with Crippen LogP contribution >= 0.6 is 15.9 Å². The number of nitrogens with zero attached hydrogens (tertiary/aromatic N) is 1. The standard InChI is InChI=1S/C16H16BrFN2O3/c17-12-5-10(6-13(18)7-12)4-11(9-21)8-19-15-3-1-2-14(20-15)16(22)23/h1-3,5-7,11,21H,4,8-9H2,(H,19,20)(H,22,23). The van der Waals surface area contributed by atoms with Gasteiger partial charge in [0.25, 0.3) is 0 Å². The minimum absolute atomic E-state index is 0.0513. The molecule has 1 aromatic carbocycles. The number of anilines is 1. The predicted octanol–water partition coefficient (Wildman–Crippen LogP) is 2.94. The smallest absolute Gasteiger partial charge is 0.354 e. The van der Waals surface area contributed by atoms with Gasteiger partial charge in [-0.05, 0) is 42.3 Å². The van der Waals surface area contributed by atoms with E-state index in [1.165, 1.54) is 18.2 Å². The Labute approximate surface area is 141 Å². The van der Waals surface area contributed by atoms with Gasteiger partial charge in [-0.1, -0.05) is 22.0 Å². The number of carboxylic acid groups (broad SMARTS) is 1. The summed E-state index contributed by atoms with van der Waals surface area (Å²) in [4.78, 5) is 14.8. The van der Waals surface area contributed by atoms with E-state index in [0.29, 0.717) is 23.3 Å². The Kier molecular flexibility index (Phi) is 6.06. The molecule has 2 aromatic rings. The Balaban J connectivity index is 1.99. The zero-order valence-corrected chi connectivity index (χ0v) is 13.8. The summed E-state index contributed by atoms with van der Waals surface area (Å²) in [7, 11) is 0. The van der Waals surface area contributed by atoms with E-state index in [-0.39, 0.29) is 24.0 Å². The van der Waals surface area contributed by atoms with E-state index >= 15 is 0 Å². The van der Waals surface area contributed by atoms with Gasteiger partial charge in [0.2, 0.25) is 0 Å². The molecule has 0 saturated heterocycles. The van der Waals surface area contributed by atoms with E-state index in [4.69, 9.17) is 5.11 Å². The van der Waals surface area contributed by atoms with Crippen LogP contribution in [-0.2, 0) is 6.42 Å². The zero-order chi connectivity index (χ0) is 16.8.